The molecule has 1 aliphatic heterocycles. The molecule has 10 heteroatoms. The van der Waals surface area contributed by atoms with Gasteiger partial charge in [-0.15, -0.1) is 5.10 Å². The van der Waals surface area contributed by atoms with Crippen molar-refractivity contribution in [2.75, 3.05) is 0 Å². The van der Waals surface area contributed by atoms with E-state index in [-0.39, 0.29) is 11.2 Å². The Morgan fingerprint density at radius 3 is 2.53 bits per heavy atom. The Kier molecular flexibility index (Phi) is 7.43. The second-order valence-corrected chi connectivity index (χ2v) is 10.4. The van der Waals surface area contributed by atoms with Crippen molar-refractivity contribution in [2.45, 2.75) is 11.7 Å². The van der Waals surface area contributed by atoms with Gasteiger partial charge in [-0.2, -0.15) is 10.2 Å². The summed E-state index contributed by atoms with van der Waals surface area (Å²) in [5.74, 6) is -0.149. The van der Waals surface area contributed by atoms with E-state index in [0.717, 1.165) is 28.1 Å². The molecule has 0 radical (unpaired) electrons. The number of rotatable bonds is 6. The second kappa shape index (κ2) is 10.9. The highest BCUT2D eigenvalue weighted by molar-refractivity contribution is 8.15. The van der Waals surface area contributed by atoms with E-state index >= 15 is 0 Å². The molecule has 1 atom stereocenters. The second-order valence-electron chi connectivity index (χ2n) is 7.91. The van der Waals surface area contributed by atoms with Crippen LogP contribution >= 0.6 is 46.6 Å². The minimum absolute atomic E-state index is 0.149. The van der Waals surface area contributed by atoms with Crippen molar-refractivity contribution in [3.05, 3.63) is 105 Å². The standard InChI is InChI=1S/C26H18Cl3N5OS/c27-19-8-6-16(7-9-19)24-18(15-34(33-24)21-4-2-1-3-5-21)14-30-32-26-31-25(35)23(36-26)13-17-12-20(28)10-11-22(17)29/h1-12,14-15,23H,13H2,(H,31,32,35)/b30-14+. The first-order chi connectivity index (χ1) is 17.5. The van der Waals surface area contributed by atoms with Gasteiger partial charge in [-0.1, -0.05) is 76.9 Å². The van der Waals surface area contributed by atoms with Gasteiger partial charge < -0.3 is 5.32 Å². The molecule has 3 aromatic carbocycles. The van der Waals surface area contributed by atoms with E-state index in [4.69, 9.17) is 39.9 Å². The van der Waals surface area contributed by atoms with Gasteiger partial charge in [0.2, 0.25) is 5.91 Å². The predicted molar refractivity (Wildman–Crippen MR) is 149 cm³/mol. The van der Waals surface area contributed by atoms with Crippen LogP contribution in [0.5, 0.6) is 0 Å². The van der Waals surface area contributed by atoms with Crippen LogP contribution in [0.4, 0.5) is 0 Å². The van der Waals surface area contributed by atoms with Crippen LogP contribution in [0.1, 0.15) is 11.1 Å². The number of amides is 1. The number of aromatic nitrogens is 2. The van der Waals surface area contributed by atoms with E-state index in [1.807, 2.05) is 60.8 Å². The third-order valence-electron chi connectivity index (χ3n) is 5.42. The maximum absolute atomic E-state index is 12.5. The van der Waals surface area contributed by atoms with E-state index in [2.05, 4.69) is 15.5 Å². The topological polar surface area (TPSA) is 71.6 Å². The lowest BCUT2D eigenvalue weighted by molar-refractivity contribution is -0.118. The van der Waals surface area contributed by atoms with Crippen molar-refractivity contribution in [3.8, 4) is 16.9 Å². The minimum Gasteiger partial charge on any atom is -0.303 e. The van der Waals surface area contributed by atoms with Crippen LogP contribution < -0.4 is 5.32 Å². The Morgan fingerprint density at radius 2 is 1.75 bits per heavy atom. The predicted octanol–water partition coefficient (Wildman–Crippen LogP) is 6.66. The van der Waals surface area contributed by atoms with Crippen LogP contribution in [0.2, 0.25) is 15.1 Å². The number of carbonyl (C=O) groups is 1. The molecular formula is C26H18Cl3N5OS. The fourth-order valence-corrected chi connectivity index (χ4v) is 5.12. The molecule has 1 unspecified atom stereocenters. The number of nitrogens with zero attached hydrogens (tertiary/aromatic N) is 4. The smallest absolute Gasteiger partial charge is 0.239 e. The van der Waals surface area contributed by atoms with Crippen molar-refractivity contribution < 1.29 is 4.79 Å². The number of nitrogens with one attached hydrogen (secondary N) is 1. The fourth-order valence-electron chi connectivity index (χ4n) is 3.66. The van der Waals surface area contributed by atoms with Gasteiger partial charge in [-0.25, -0.2) is 4.68 Å². The monoisotopic (exact) mass is 553 g/mol. The number of carbonyl (C=O) groups excluding carboxylic acids is 1. The quantitative estimate of drug-likeness (QED) is 0.214. The van der Waals surface area contributed by atoms with E-state index in [1.54, 1.807) is 29.1 Å². The first-order valence-electron chi connectivity index (χ1n) is 10.9. The summed E-state index contributed by atoms with van der Waals surface area (Å²) in [6.07, 6.45) is 3.94. The number of hydrogen-bond donors (Lipinski definition) is 1. The van der Waals surface area contributed by atoms with E-state index < -0.39 is 0 Å². The van der Waals surface area contributed by atoms with Gasteiger partial charge in [-0.3, -0.25) is 4.79 Å². The lowest BCUT2D eigenvalue weighted by atomic mass is 10.1. The number of para-hydroxylation sites is 1. The fraction of sp³-hybridized carbons (Fsp3) is 0.0769. The molecule has 0 spiro atoms. The van der Waals surface area contributed by atoms with Crippen LogP contribution in [-0.2, 0) is 11.2 Å². The first kappa shape index (κ1) is 24.6. The van der Waals surface area contributed by atoms with Crippen LogP contribution in [0, 0.1) is 0 Å². The zero-order valence-corrected chi connectivity index (χ0v) is 21.7. The van der Waals surface area contributed by atoms with Crippen LogP contribution in [0.15, 0.2) is 89.2 Å². The maximum Gasteiger partial charge on any atom is 0.239 e. The molecule has 6 nitrogen and oxygen atoms in total. The van der Waals surface area contributed by atoms with Crippen molar-refractivity contribution in [1.29, 1.82) is 0 Å². The molecule has 180 valence electrons. The Bertz CT molecular complexity index is 1470. The molecule has 4 aromatic rings. The van der Waals surface area contributed by atoms with Gasteiger partial charge >= 0.3 is 0 Å². The van der Waals surface area contributed by atoms with Crippen molar-refractivity contribution in [2.24, 2.45) is 10.2 Å². The van der Waals surface area contributed by atoms with Crippen molar-refractivity contribution in [3.63, 3.8) is 0 Å². The Balaban J connectivity index is 1.38. The third kappa shape index (κ3) is 5.65. The van der Waals surface area contributed by atoms with Gasteiger partial charge in [0.1, 0.15) is 5.69 Å². The average Bonchev–Trinajstić information content (AvgIpc) is 3.46. The Hall–Kier alpha value is -3.10. The van der Waals surface area contributed by atoms with Crippen LogP contribution in [-0.4, -0.2) is 32.3 Å². The first-order valence-corrected chi connectivity index (χ1v) is 12.9. The largest absolute Gasteiger partial charge is 0.303 e. The van der Waals surface area contributed by atoms with Gasteiger partial charge in [-0.05, 0) is 54.4 Å². The molecule has 36 heavy (non-hydrogen) atoms. The molecule has 0 bridgehead atoms. The molecule has 1 saturated heterocycles. The summed E-state index contributed by atoms with van der Waals surface area (Å²) in [7, 11) is 0. The highest BCUT2D eigenvalue weighted by Gasteiger charge is 2.31. The Labute approximate surface area is 227 Å². The van der Waals surface area contributed by atoms with Gasteiger partial charge in [0, 0.05) is 32.4 Å². The van der Waals surface area contributed by atoms with Gasteiger partial charge in [0.25, 0.3) is 0 Å². The number of benzene rings is 3. The molecular weight excluding hydrogens is 537 g/mol. The van der Waals surface area contributed by atoms with Crippen LogP contribution in [0.25, 0.3) is 16.9 Å². The molecule has 5 rings (SSSR count). The normalized spacial score (nSPS) is 16.7. The summed E-state index contributed by atoms with van der Waals surface area (Å²) < 4.78 is 1.79. The molecule has 1 fully saturated rings. The summed E-state index contributed by atoms with van der Waals surface area (Å²) >= 11 is 19.7. The number of hydrogen-bond acceptors (Lipinski definition) is 5. The average molecular weight is 555 g/mol. The summed E-state index contributed by atoms with van der Waals surface area (Å²) in [5, 5.41) is 17.8. The Morgan fingerprint density at radius 1 is 1.00 bits per heavy atom. The van der Waals surface area contributed by atoms with Crippen molar-refractivity contribution in [1.82, 2.24) is 15.1 Å². The zero-order valence-electron chi connectivity index (χ0n) is 18.6. The molecule has 1 aromatic heterocycles. The summed E-state index contributed by atoms with van der Waals surface area (Å²) in [6, 6.07) is 22.4. The highest BCUT2D eigenvalue weighted by atomic mass is 35.5. The summed E-state index contributed by atoms with van der Waals surface area (Å²) in [4.78, 5) is 12.5. The maximum atomic E-state index is 12.5. The zero-order chi connectivity index (χ0) is 25.1. The van der Waals surface area contributed by atoms with E-state index in [0.29, 0.717) is 26.7 Å². The van der Waals surface area contributed by atoms with Gasteiger partial charge in [0.05, 0.1) is 17.2 Å². The van der Waals surface area contributed by atoms with Crippen molar-refractivity contribution >= 4 is 63.9 Å². The molecule has 1 N–H and O–H groups in total. The van der Waals surface area contributed by atoms with E-state index in [9.17, 15) is 4.79 Å². The number of amidine groups is 1. The van der Waals surface area contributed by atoms with E-state index in [1.165, 1.54) is 11.8 Å². The molecule has 1 amide bonds. The SMILES string of the molecule is O=C1N/C(=N\N=C\c2cn(-c3ccccc3)nc2-c2ccc(Cl)cc2)SC1Cc1cc(Cl)ccc1Cl. The molecule has 2 heterocycles. The summed E-state index contributed by atoms with van der Waals surface area (Å²) in [6.45, 7) is 0. The lowest BCUT2D eigenvalue weighted by Gasteiger charge is -2.07. The third-order valence-corrected chi connectivity index (χ3v) is 7.34. The number of halogens is 3. The minimum atomic E-state index is -0.375. The lowest BCUT2D eigenvalue weighted by Crippen LogP contribution is -2.26. The summed E-state index contributed by atoms with van der Waals surface area (Å²) in [5.41, 5.74) is 4.12. The number of thioether (sulfide) groups is 1. The molecule has 0 aliphatic carbocycles. The molecule has 0 saturated carbocycles. The molecule has 1 aliphatic rings. The van der Waals surface area contributed by atoms with Gasteiger partial charge in [0.15, 0.2) is 5.17 Å². The van der Waals surface area contributed by atoms with Crippen LogP contribution in [0.3, 0.4) is 0 Å². The highest BCUT2D eigenvalue weighted by Crippen LogP contribution is 2.29.